The Balaban J connectivity index is 0.00000288. The van der Waals surface area contributed by atoms with Gasteiger partial charge in [0, 0.05) is 11.4 Å². The van der Waals surface area contributed by atoms with Crippen LogP contribution < -0.4 is 16.4 Å². The van der Waals surface area contributed by atoms with Crippen LogP contribution >= 0.6 is 23.7 Å². The zero-order valence-corrected chi connectivity index (χ0v) is 15.2. The molecule has 2 rings (SSSR count). The van der Waals surface area contributed by atoms with Crippen LogP contribution in [0.4, 0.5) is 11.4 Å². The lowest BCUT2D eigenvalue weighted by atomic mass is 9.99. The highest BCUT2D eigenvalue weighted by Gasteiger charge is 2.19. The second-order valence-corrected chi connectivity index (χ2v) is 6.36. The summed E-state index contributed by atoms with van der Waals surface area (Å²) in [6.45, 7) is 3.94. The maximum Gasteiger partial charge on any atom is 0.265 e. The largest absolute Gasteiger partial charge is 0.325 e. The van der Waals surface area contributed by atoms with E-state index in [1.54, 1.807) is 30.3 Å². The third-order valence-electron chi connectivity index (χ3n) is 3.69. The molecule has 0 aliphatic carbocycles. The van der Waals surface area contributed by atoms with Crippen molar-refractivity contribution in [3.8, 4) is 0 Å². The number of amides is 2. The average molecular weight is 368 g/mol. The number of carbonyl (C=O) groups is 2. The first-order chi connectivity index (χ1) is 11.0. The molecule has 0 spiro atoms. The second kappa shape index (κ2) is 9.42. The van der Waals surface area contributed by atoms with Gasteiger partial charge in [-0.1, -0.05) is 32.4 Å². The number of rotatable bonds is 6. The molecule has 2 amide bonds. The molecule has 1 heterocycles. The summed E-state index contributed by atoms with van der Waals surface area (Å²) in [4.78, 5) is 24.8. The van der Waals surface area contributed by atoms with Gasteiger partial charge in [0.2, 0.25) is 5.91 Å². The number of nitrogens with one attached hydrogen (secondary N) is 2. The van der Waals surface area contributed by atoms with Gasteiger partial charge in [0.05, 0.1) is 10.9 Å². The number of nitrogens with two attached hydrogens (primary N) is 1. The Morgan fingerprint density at radius 2 is 1.83 bits per heavy atom. The maximum absolute atomic E-state index is 12.1. The smallest absolute Gasteiger partial charge is 0.265 e. The molecule has 2 unspecified atom stereocenters. The van der Waals surface area contributed by atoms with Crippen LogP contribution in [0.15, 0.2) is 41.8 Å². The van der Waals surface area contributed by atoms with Gasteiger partial charge in [-0.25, -0.2) is 0 Å². The van der Waals surface area contributed by atoms with E-state index in [0.717, 1.165) is 6.42 Å². The molecular formula is C17H22ClN3O2S. The minimum Gasteiger partial charge on any atom is -0.325 e. The monoisotopic (exact) mass is 367 g/mol. The number of halogens is 1. The van der Waals surface area contributed by atoms with Crippen molar-refractivity contribution < 1.29 is 9.59 Å². The van der Waals surface area contributed by atoms with Crippen molar-refractivity contribution in [3.63, 3.8) is 0 Å². The van der Waals surface area contributed by atoms with Gasteiger partial charge < -0.3 is 16.4 Å². The first-order valence-electron chi connectivity index (χ1n) is 7.52. The fourth-order valence-electron chi connectivity index (χ4n) is 2.01. The molecule has 1 aromatic heterocycles. The van der Waals surface area contributed by atoms with Gasteiger partial charge in [-0.15, -0.1) is 23.7 Å². The average Bonchev–Trinajstić information content (AvgIpc) is 3.08. The van der Waals surface area contributed by atoms with E-state index < -0.39 is 6.04 Å². The van der Waals surface area contributed by atoms with Crippen LogP contribution in [0.2, 0.25) is 0 Å². The fraction of sp³-hybridized carbons (Fsp3) is 0.294. The van der Waals surface area contributed by atoms with Crippen molar-refractivity contribution in [1.82, 2.24) is 0 Å². The van der Waals surface area contributed by atoms with Gasteiger partial charge in [0.25, 0.3) is 5.91 Å². The number of hydrogen-bond acceptors (Lipinski definition) is 4. The molecule has 7 heteroatoms. The third kappa shape index (κ3) is 5.33. The number of carbonyl (C=O) groups excluding carboxylic acids is 2. The molecule has 4 N–H and O–H groups in total. The topological polar surface area (TPSA) is 84.2 Å². The quantitative estimate of drug-likeness (QED) is 0.727. The summed E-state index contributed by atoms with van der Waals surface area (Å²) in [5.74, 6) is -0.280. The molecule has 0 aliphatic rings. The van der Waals surface area contributed by atoms with E-state index in [-0.39, 0.29) is 30.1 Å². The molecule has 2 atom stereocenters. The Morgan fingerprint density at radius 3 is 2.42 bits per heavy atom. The highest BCUT2D eigenvalue weighted by atomic mass is 35.5. The first-order valence-corrected chi connectivity index (χ1v) is 8.40. The minimum atomic E-state index is -0.552. The Labute approximate surface area is 152 Å². The summed E-state index contributed by atoms with van der Waals surface area (Å²) < 4.78 is 0. The van der Waals surface area contributed by atoms with Crippen molar-refractivity contribution >= 4 is 46.9 Å². The standard InChI is InChI=1S/C17H21N3O2S.ClH/c1-3-11(2)15(18)17(22)20-13-7-4-6-12(10-13)19-16(21)14-8-5-9-23-14;/h4-11,15H,3,18H2,1-2H3,(H,19,21)(H,20,22);1H. The fourth-order valence-corrected chi connectivity index (χ4v) is 2.63. The molecular weight excluding hydrogens is 346 g/mol. The molecule has 130 valence electrons. The minimum absolute atomic E-state index is 0. The molecule has 0 fully saturated rings. The van der Waals surface area contributed by atoms with E-state index in [1.807, 2.05) is 25.3 Å². The van der Waals surface area contributed by atoms with Crippen LogP contribution in [0.25, 0.3) is 0 Å². The van der Waals surface area contributed by atoms with Gasteiger partial charge in [-0.05, 0) is 35.6 Å². The lowest BCUT2D eigenvalue weighted by Crippen LogP contribution is -2.40. The predicted octanol–water partition coefficient (Wildman–Crippen LogP) is 3.73. The predicted molar refractivity (Wildman–Crippen MR) is 102 cm³/mol. The lowest BCUT2D eigenvalue weighted by molar-refractivity contribution is -0.118. The van der Waals surface area contributed by atoms with Crippen molar-refractivity contribution in [1.29, 1.82) is 0 Å². The van der Waals surface area contributed by atoms with Crippen LogP contribution in [0.3, 0.4) is 0 Å². The number of hydrogen-bond donors (Lipinski definition) is 3. The summed E-state index contributed by atoms with van der Waals surface area (Å²) in [7, 11) is 0. The van der Waals surface area contributed by atoms with Crippen molar-refractivity contribution in [3.05, 3.63) is 46.7 Å². The summed E-state index contributed by atoms with van der Waals surface area (Å²) in [5, 5.41) is 7.45. The molecule has 0 bridgehead atoms. The van der Waals surface area contributed by atoms with Crippen molar-refractivity contribution in [2.45, 2.75) is 26.3 Å². The number of anilines is 2. The molecule has 0 saturated carbocycles. The molecule has 2 aromatic rings. The van der Waals surface area contributed by atoms with Crippen LogP contribution in [-0.4, -0.2) is 17.9 Å². The summed E-state index contributed by atoms with van der Waals surface area (Å²) in [6, 6.07) is 10.1. The van der Waals surface area contributed by atoms with Crippen LogP contribution in [-0.2, 0) is 4.79 Å². The van der Waals surface area contributed by atoms with E-state index in [2.05, 4.69) is 10.6 Å². The Bertz CT molecular complexity index is 676. The van der Waals surface area contributed by atoms with Crippen LogP contribution in [0.5, 0.6) is 0 Å². The zero-order valence-electron chi connectivity index (χ0n) is 13.6. The molecule has 24 heavy (non-hydrogen) atoms. The van der Waals surface area contributed by atoms with Gasteiger partial charge in [0.1, 0.15) is 0 Å². The van der Waals surface area contributed by atoms with Gasteiger partial charge in [-0.3, -0.25) is 9.59 Å². The SMILES string of the molecule is CCC(C)C(N)C(=O)Nc1cccc(NC(=O)c2cccs2)c1.Cl. The molecule has 0 saturated heterocycles. The second-order valence-electron chi connectivity index (χ2n) is 5.41. The first kappa shape index (κ1) is 20.2. The van der Waals surface area contributed by atoms with E-state index in [0.29, 0.717) is 16.3 Å². The molecule has 1 aromatic carbocycles. The summed E-state index contributed by atoms with van der Waals surface area (Å²) in [6.07, 6.45) is 0.839. The van der Waals surface area contributed by atoms with Crippen molar-refractivity contribution in [2.75, 3.05) is 10.6 Å². The molecule has 0 aliphatic heterocycles. The third-order valence-corrected chi connectivity index (χ3v) is 4.56. The molecule has 0 radical (unpaired) electrons. The van der Waals surface area contributed by atoms with E-state index in [4.69, 9.17) is 5.73 Å². The maximum atomic E-state index is 12.1. The van der Waals surface area contributed by atoms with Crippen molar-refractivity contribution in [2.24, 2.45) is 11.7 Å². The van der Waals surface area contributed by atoms with E-state index >= 15 is 0 Å². The van der Waals surface area contributed by atoms with Gasteiger partial charge in [-0.2, -0.15) is 0 Å². The van der Waals surface area contributed by atoms with Gasteiger partial charge in [0.15, 0.2) is 0 Å². The summed E-state index contributed by atoms with van der Waals surface area (Å²) >= 11 is 1.38. The highest BCUT2D eigenvalue weighted by Crippen LogP contribution is 2.18. The van der Waals surface area contributed by atoms with E-state index in [1.165, 1.54) is 11.3 Å². The zero-order chi connectivity index (χ0) is 16.8. The van der Waals surface area contributed by atoms with Gasteiger partial charge >= 0.3 is 0 Å². The number of benzene rings is 1. The highest BCUT2D eigenvalue weighted by molar-refractivity contribution is 7.12. The normalized spacial score (nSPS) is 12.6. The Hall–Kier alpha value is -1.89. The van der Waals surface area contributed by atoms with Crippen LogP contribution in [0.1, 0.15) is 29.9 Å². The Kier molecular flexibility index (Phi) is 7.91. The summed E-state index contributed by atoms with van der Waals surface area (Å²) in [5.41, 5.74) is 7.15. The van der Waals surface area contributed by atoms with Crippen LogP contribution in [0, 0.1) is 5.92 Å². The van der Waals surface area contributed by atoms with E-state index in [9.17, 15) is 9.59 Å². The lowest BCUT2D eigenvalue weighted by Gasteiger charge is -2.18. The molecule has 5 nitrogen and oxygen atoms in total. The number of thiophene rings is 1. The Morgan fingerprint density at radius 1 is 1.17 bits per heavy atom.